The quantitative estimate of drug-likeness (QED) is 0.342. The topological polar surface area (TPSA) is 33.1 Å². The van der Waals surface area contributed by atoms with E-state index in [1.165, 1.54) is 17.4 Å². The maximum atomic E-state index is 13.3. The smallest absolute Gasteiger partial charge is 0.373 e. The molecule has 0 saturated carbocycles. The highest BCUT2D eigenvalue weighted by Gasteiger charge is 2.29. The highest BCUT2D eigenvalue weighted by Crippen LogP contribution is 2.28. The van der Waals surface area contributed by atoms with Crippen LogP contribution < -0.4 is 5.32 Å². The van der Waals surface area contributed by atoms with Crippen LogP contribution in [-0.4, -0.2) is 47.3 Å². The average Bonchev–Trinajstić information content (AvgIpc) is 3.12. The zero-order chi connectivity index (χ0) is 24.1. The number of benzene rings is 1. The van der Waals surface area contributed by atoms with Crippen LogP contribution in [0, 0.1) is 17.8 Å². The Hall–Kier alpha value is -2.69. The van der Waals surface area contributed by atoms with E-state index in [0.717, 1.165) is 42.6 Å². The van der Waals surface area contributed by atoms with E-state index in [2.05, 4.69) is 34.1 Å². The summed E-state index contributed by atoms with van der Waals surface area (Å²) in [5, 5.41) is 4.26. The molecular weight excluding hydrogens is 461 g/mol. The fourth-order valence-corrected chi connectivity index (χ4v) is 4.52. The number of hydrogen-bond acceptors (Lipinski definition) is 3. The molecule has 34 heavy (non-hydrogen) atoms. The number of aryl methyl sites for hydroxylation is 1. The molecule has 1 saturated heterocycles. The summed E-state index contributed by atoms with van der Waals surface area (Å²) in [5.74, 6) is 6.55. The van der Waals surface area contributed by atoms with Gasteiger partial charge in [-0.15, -0.1) is 0 Å². The van der Waals surface area contributed by atoms with Gasteiger partial charge in [0.05, 0.1) is 24.1 Å². The number of nitrogens with one attached hydrogen (secondary N) is 1. The molecule has 3 aromatic rings. The molecule has 1 aromatic carbocycles. The van der Waals surface area contributed by atoms with E-state index >= 15 is 0 Å². The summed E-state index contributed by atoms with van der Waals surface area (Å²) < 4.78 is 41.2. The highest BCUT2D eigenvalue weighted by molar-refractivity contribution is 6.29. The maximum absolute atomic E-state index is 13.3. The molecule has 4 rings (SSSR count). The van der Waals surface area contributed by atoms with E-state index in [1.54, 1.807) is 30.5 Å². The first-order valence-corrected chi connectivity index (χ1v) is 11.9. The van der Waals surface area contributed by atoms with Crippen LogP contribution in [0.2, 0.25) is 5.15 Å². The summed E-state index contributed by atoms with van der Waals surface area (Å²) in [6.07, 6.45) is 1.72. The molecule has 0 spiro atoms. The Morgan fingerprint density at radius 3 is 2.65 bits per heavy atom. The monoisotopic (exact) mass is 488 g/mol. The molecule has 8 heteroatoms. The number of rotatable bonds is 6. The third kappa shape index (κ3) is 6.68. The van der Waals surface area contributed by atoms with Crippen LogP contribution in [0.25, 0.3) is 10.9 Å². The molecular formula is C26H28ClF3N4. The molecule has 0 bridgehead atoms. The van der Waals surface area contributed by atoms with Crippen LogP contribution in [0.15, 0.2) is 42.6 Å². The van der Waals surface area contributed by atoms with Gasteiger partial charge in [0.2, 0.25) is 0 Å². The average molecular weight is 489 g/mol. The Morgan fingerprint density at radius 2 is 1.94 bits per heavy atom. The van der Waals surface area contributed by atoms with Crippen LogP contribution in [-0.2, 0) is 13.0 Å². The van der Waals surface area contributed by atoms with Crippen LogP contribution in [0.5, 0.6) is 0 Å². The second-order valence-corrected chi connectivity index (χ2v) is 9.32. The Morgan fingerprint density at radius 1 is 1.15 bits per heavy atom. The maximum Gasteiger partial charge on any atom is 0.406 e. The van der Waals surface area contributed by atoms with E-state index in [9.17, 15) is 13.2 Å². The molecule has 1 aliphatic heterocycles. The van der Waals surface area contributed by atoms with E-state index in [1.807, 2.05) is 12.1 Å². The Labute approximate surface area is 203 Å². The zero-order valence-electron chi connectivity index (χ0n) is 19.1. The molecule has 0 radical (unpaired) electrons. The summed E-state index contributed by atoms with van der Waals surface area (Å²) in [4.78, 5) is 6.34. The second-order valence-electron chi connectivity index (χ2n) is 8.93. The lowest BCUT2D eigenvalue weighted by Crippen LogP contribution is -2.30. The lowest BCUT2D eigenvalue weighted by molar-refractivity contribution is -0.140. The third-order valence-electron chi connectivity index (χ3n) is 6.31. The largest absolute Gasteiger partial charge is 0.406 e. The number of pyridine rings is 1. The van der Waals surface area contributed by atoms with Gasteiger partial charge in [-0.3, -0.25) is 0 Å². The van der Waals surface area contributed by atoms with Gasteiger partial charge in [0.1, 0.15) is 11.7 Å². The van der Waals surface area contributed by atoms with Crippen molar-refractivity contribution in [3.05, 3.63) is 59.0 Å². The lowest BCUT2D eigenvalue weighted by atomic mass is 9.90. The number of halogens is 4. The van der Waals surface area contributed by atoms with Gasteiger partial charge in [0.25, 0.3) is 0 Å². The normalized spacial score (nSPS) is 15.3. The van der Waals surface area contributed by atoms with E-state index in [-0.39, 0.29) is 6.54 Å². The van der Waals surface area contributed by atoms with Crippen molar-refractivity contribution in [1.29, 1.82) is 0 Å². The predicted molar refractivity (Wildman–Crippen MR) is 131 cm³/mol. The summed E-state index contributed by atoms with van der Waals surface area (Å²) in [6.45, 7) is 1.48. The number of anilines is 1. The number of nitrogens with zero attached hydrogens (tertiary/aromatic N) is 3. The Balaban J connectivity index is 1.49. The fraction of sp³-hybridized carbons (Fsp3) is 0.423. The summed E-state index contributed by atoms with van der Waals surface area (Å²) in [5.41, 5.74) is 2.81. The highest BCUT2D eigenvalue weighted by atomic mass is 35.5. The summed E-state index contributed by atoms with van der Waals surface area (Å²) in [6, 6.07) is 11.0. The number of hydrogen-bond donors (Lipinski definition) is 1. The van der Waals surface area contributed by atoms with Gasteiger partial charge >= 0.3 is 6.18 Å². The minimum Gasteiger partial charge on any atom is -0.373 e. The van der Waals surface area contributed by atoms with Gasteiger partial charge in [-0.25, -0.2) is 4.98 Å². The molecule has 180 valence electrons. The van der Waals surface area contributed by atoms with Crippen LogP contribution in [0.3, 0.4) is 0 Å². The van der Waals surface area contributed by atoms with Crippen molar-refractivity contribution in [1.82, 2.24) is 14.5 Å². The first kappa shape index (κ1) is 24.4. The Bertz CT molecular complexity index is 1170. The fourth-order valence-electron chi connectivity index (χ4n) is 4.41. The van der Waals surface area contributed by atoms with E-state index in [0.29, 0.717) is 22.3 Å². The number of fused-ring (bicyclic) bond motifs is 1. The molecule has 3 heterocycles. The molecule has 4 nitrogen and oxygen atoms in total. The van der Waals surface area contributed by atoms with Crippen LogP contribution >= 0.6 is 11.6 Å². The molecule has 2 aromatic heterocycles. The van der Waals surface area contributed by atoms with Crippen molar-refractivity contribution >= 4 is 28.2 Å². The summed E-state index contributed by atoms with van der Waals surface area (Å²) in [7, 11) is 2.15. The van der Waals surface area contributed by atoms with Gasteiger partial charge < -0.3 is 14.8 Å². The van der Waals surface area contributed by atoms with E-state index < -0.39 is 12.7 Å². The van der Waals surface area contributed by atoms with Crippen molar-refractivity contribution in [3.63, 3.8) is 0 Å². The molecule has 1 aliphatic rings. The van der Waals surface area contributed by atoms with Gasteiger partial charge in [-0.1, -0.05) is 23.6 Å². The lowest BCUT2D eigenvalue weighted by Gasteiger charge is -2.28. The van der Waals surface area contributed by atoms with Crippen molar-refractivity contribution in [2.24, 2.45) is 5.92 Å². The molecule has 0 amide bonds. The van der Waals surface area contributed by atoms with Gasteiger partial charge in [-0.2, -0.15) is 13.2 Å². The van der Waals surface area contributed by atoms with Gasteiger partial charge in [0, 0.05) is 10.9 Å². The first-order valence-electron chi connectivity index (χ1n) is 11.5. The molecule has 0 aliphatic carbocycles. The van der Waals surface area contributed by atoms with E-state index in [4.69, 9.17) is 11.6 Å². The minimum atomic E-state index is -4.33. The second kappa shape index (κ2) is 10.7. The van der Waals surface area contributed by atoms with Crippen LogP contribution in [0.1, 0.15) is 30.5 Å². The third-order valence-corrected chi connectivity index (χ3v) is 6.53. The minimum absolute atomic E-state index is 0.276. The number of piperidine rings is 1. The molecule has 1 fully saturated rings. The Kier molecular flexibility index (Phi) is 7.70. The van der Waals surface area contributed by atoms with Crippen molar-refractivity contribution < 1.29 is 13.2 Å². The van der Waals surface area contributed by atoms with Gasteiger partial charge in [0.15, 0.2) is 0 Å². The van der Waals surface area contributed by atoms with Crippen LogP contribution in [0.4, 0.5) is 18.9 Å². The van der Waals surface area contributed by atoms with Gasteiger partial charge in [-0.05, 0) is 93.6 Å². The van der Waals surface area contributed by atoms with Crippen molar-refractivity contribution in [3.8, 4) is 11.8 Å². The summed E-state index contributed by atoms with van der Waals surface area (Å²) >= 11 is 5.77. The zero-order valence-corrected chi connectivity index (χ0v) is 19.9. The molecule has 1 N–H and O–H groups in total. The standard InChI is InChI=1S/C26H28ClF3N4/c1-33-13-10-19(11-14-33)4-5-20-6-8-24-21(15-20)16-23(34(24)18-26(28,29)30)3-2-12-31-22-7-9-25(27)32-17-22/h6-9,15-17,19,31H,4-5,10-14,18H2,1H3. The number of aromatic nitrogens is 2. The molecule has 0 unspecified atom stereocenters. The number of alkyl halides is 3. The first-order chi connectivity index (χ1) is 16.3. The van der Waals surface area contributed by atoms with Crippen molar-refractivity contribution in [2.45, 2.75) is 38.4 Å². The SMILES string of the molecule is CN1CCC(CCc2ccc3c(c2)cc(C#CCNc2ccc(Cl)nc2)n3CC(F)(F)F)CC1. The number of likely N-dealkylation sites (tertiary alicyclic amines) is 1. The molecule has 0 atom stereocenters. The predicted octanol–water partition coefficient (Wildman–Crippen LogP) is 5.99. The van der Waals surface area contributed by atoms with Crippen molar-refractivity contribution in [2.75, 3.05) is 32.0 Å².